The van der Waals surface area contributed by atoms with Crippen LogP contribution in [0.4, 0.5) is 0 Å². The van der Waals surface area contributed by atoms with Crippen LogP contribution in [-0.4, -0.2) is 22.5 Å². The number of thiophene rings is 1. The third kappa shape index (κ3) is 2.98. The average Bonchev–Trinajstić information content (AvgIpc) is 3.06. The molecule has 1 fully saturated rings. The van der Waals surface area contributed by atoms with E-state index in [2.05, 4.69) is 16.8 Å². The van der Waals surface area contributed by atoms with Crippen LogP contribution in [0.1, 0.15) is 61.3 Å². The van der Waals surface area contributed by atoms with E-state index < -0.39 is 11.5 Å². The average molecular weight is 307 g/mol. The molecule has 1 amide bonds. The number of rotatable bonds is 4. The number of hydrogen-bond acceptors (Lipinski definition) is 3. The smallest absolute Gasteiger partial charge is 0.305 e. The minimum absolute atomic E-state index is 0.0255. The van der Waals surface area contributed by atoms with E-state index in [4.69, 9.17) is 5.11 Å². The first-order valence-electron chi connectivity index (χ1n) is 7.70. The molecule has 0 bridgehead atoms. The van der Waals surface area contributed by atoms with Gasteiger partial charge >= 0.3 is 5.97 Å². The van der Waals surface area contributed by atoms with Crippen molar-refractivity contribution < 1.29 is 14.7 Å². The van der Waals surface area contributed by atoms with Gasteiger partial charge in [-0.15, -0.1) is 11.3 Å². The van der Waals surface area contributed by atoms with Crippen LogP contribution in [0.15, 0.2) is 11.4 Å². The topological polar surface area (TPSA) is 66.4 Å². The maximum Gasteiger partial charge on any atom is 0.305 e. The highest BCUT2D eigenvalue weighted by Crippen LogP contribution is 2.37. The Morgan fingerprint density at radius 2 is 2.10 bits per heavy atom. The summed E-state index contributed by atoms with van der Waals surface area (Å²) in [6.07, 6.45) is 6.60. The molecule has 0 radical (unpaired) electrons. The van der Waals surface area contributed by atoms with Gasteiger partial charge in [0.05, 0.1) is 17.9 Å². The molecule has 0 aromatic carbocycles. The maximum atomic E-state index is 12.7. The second-order valence-electron chi connectivity index (χ2n) is 6.29. The molecule has 1 aromatic heterocycles. The molecule has 1 aromatic rings. The summed E-state index contributed by atoms with van der Waals surface area (Å²) < 4.78 is 0. The van der Waals surface area contributed by atoms with Crippen LogP contribution in [0.2, 0.25) is 0 Å². The fourth-order valence-electron chi connectivity index (χ4n) is 3.79. The number of carbonyl (C=O) groups is 2. The molecule has 1 unspecified atom stereocenters. The second-order valence-corrected chi connectivity index (χ2v) is 7.29. The van der Waals surface area contributed by atoms with Gasteiger partial charge in [-0.2, -0.15) is 0 Å². The monoisotopic (exact) mass is 307 g/mol. The number of aryl methyl sites for hydroxylation is 1. The zero-order valence-corrected chi connectivity index (χ0v) is 12.9. The van der Waals surface area contributed by atoms with Gasteiger partial charge in [-0.25, -0.2) is 0 Å². The van der Waals surface area contributed by atoms with Gasteiger partial charge < -0.3 is 10.4 Å². The molecule has 2 aliphatic carbocycles. The number of fused-ring (bicyclic) bond motifs is 1. The van der Waals surface area contributed by atoms with Gasteiger partial charge in [0.2, 0.25) is 5.91 Å². The number of aliphatic carboxylic acids is 1. The Hall–Kier alpha value is -1.36. The van der Waals surface area contributed by atoms with E-state index >= 15 is 0 Å². The van der Waals surface area contributed by atoms with Crippen LogP contribution < -0.4 is 5.32 Å². The zero-order chi connectivity index (χ0) is 14.9. The first kappa shape index (κ1) is 14.6. The minimum atomic E-state index is -0.822. The van der Waals surface area contributed by atoms with E-state index in [0.29, 0.717) is 0 Å². The third-order valence-corrected chi connectivity index (χ3v) is 5.80. The van der Waals surface area contributed by atoms with Crippen LogP contribution >= 0.6 is 11.3 Å². The van der Waals surface area contributed by atoms with E-state index in [1.165, 1.54) is 4.88 Å². The fraction of sp³-hybridized carbons (Fsp3) is 0.625. The van der Waals surface area contributed by atoms with E-state index in [0.717, 1.165) is 50.5 Å². The summed E-state index contributed by atoms with van der Waals surface area (Å²) >= 11 is 1.72. The van der Waals surface area contributed by atoms with Crippen LogP contribution in [0.5, 0.6) is 0 Å². The van der Waals surface area contributed by atoms with Gasteiger partial charge in [0.25, 0.3) is 0 Å². The highest BCUT2D eigenvalue weighted by atomic mass is 32.1. The van der Waals surface area contributed by atoms with Crippen LogP contribution in [0.3, 0.4) is 0 Å². The largest absolute Gasteiger partial charge is 0.481 e. The molecule has 0 saturated heterocycles. The lowest BCUT2D eigenvalue weighted by molar-refractivity contribution is -0.139. The summed E-state index contributed by atoms with van der Waals surface area (Å²) in [5.41, 5.74) is 0.642. The van der Waals surface area contributed by atoms with Crippen molar-refractivity contribution >= 4 is 23.2 Å². The summed E-state index contributed by atoms with van der Waals surface area (Å²) in [5, 5.41) is 14.3. The first-order chi connectivity index (χ1) is 10.1. The van der Waals surface area contributed by atoms with E-state index in [9.17, 15) is 9.59 Å². The highest BCUT2D eigenvalue weighted by Gasteiger charge is 2.39. The second kappa shape index (κ2) is 5.79. The van der Waals surface area contributed by atoms with Gasteiger partial charge in [0.15, 0.2) is 0 Å². The standard InChI is InChI=1S/C16H21NO3S/c18-14(19)10-16(7-1-2-8-16)17-15(20)12-4-3-5-13-11(12)6-9-21-13/h6,9,12H,1-5,7-8,10H2,(H,17,20)(H,18,19). The summed E-state index contributed by atoms with van der Waals surface area (Å²) in [5.74, 6) is -0.888. The van der Waals surface area contributed by atoms with Crippen molar-refractivity contribution in [2.45, 2.75) is 62.8 Å². The Morgan fingerprint density at radius 1 is 1.33 bits per heavy atom. The number of hydrogen-bond donors (Lipinski definition) is 2. The van der Waals surface area contributed by atoms with E-state index in [-0.39, 0.29) is 18.2 Å². The quantitative estimate of drug-likeness (QED) is 0.898. The molecule has 2 N–H and O–H groups in total. The molecule has 5 heteroatoms. The summed E-state index contributed by atoms with van der Waals surface area (Å²) in [4.78, 5) is 25.1. The number of carboxylic acid groups (broad SMARTS) is 1. The van der Waals surface area contributed by atoms with Crippen molar-refractivity contribution in [3.05, 3.63) is 21.9 Å². The van der Waals surface area contributed by atoms with Crippen LogP contribution in [0.25, 0.3) is 0 Å². The van der Waals surface area contributed by atoms with E-state index in [1.807, 2.05) is 0 Å². The Morgan fingerprint density at radius 3 is 2.81 bits per heavy atom. The molecule has 0 aliphatic heterocycles. The lowest BCUT2D eigenvalue weighted by Crippen LogP contribution is -2.49. The van der Waals surface area contributed by atoms with Crippen molar-refractivity contribution in [3.63, 3.8) is 0 Å². The number of carbonyl (C=O) groups excluding carboxylic acids is 1. The van der Waals surface area contributed by atoms with Crippen molar-refractivity contribution in [1.29, 1.82) is 0 Å². The summed E-state index contributed by atoms with van der Waals surface area (Å²) in [7, 11) is 0. The molecule has 21 heavy (non-hydrogen) atoms. The van der Waals surface area contributed by atoms with Gasteiger partial charge in [-0.05, 0) is 49.1 Å². The van der Waals surface area contributed by atoms with E-state index in [1.54, 1.807) is 11.3 Å². The first-order valence-corrected chi connectivity index (χ1v) is 8.58. The number of nitrogens with one attached hydrogen (secondary N) is 1. The molecule has 4 nitrogen and oxygen atoms in total. The fourth-order valence-corrected chi connectivity index (χ4v) is 4.78. The van der Waals surface area contributed by atoms with Crippen molar-refractivity contribution in [1.82, 2.24) is 5.32 Å². The normalized spacial score (nSPS) is 23.5. The lowest BCUT2D eigenvalue weighted by atomic mass is 9.85. The number of amides is 1. The minimum Gasteiger partial charge on any atom is -0.481 e. The maximum absolute atomic E-state index is 12.7. The Balaban J connectivity index is 1.75. The molecule has 1 atom stereocenters. The van der Waals surface area contributed by atoms with Crippen molar-refractivity contribution in [3.8, 4) is 0 Å². The predicted octanol–water partition coefficient (Wildman–Crippen LogP) is 3.07. The zero-order valence-electron chi connectivity index (χ0n) is 12.1. The molecule has 114 valence electrons. The molecule has 0 spiro atoms. The molecule has 2 aliphatic rings. The van der Waals surface area contributed by atoms with Gasteiger partial charge in [0, 0.05) is 4.88 Å². The summed E-state index contributed by atoms with van der Waals surface area (Å²) in [6, 6.07) is 2.06. The number of carboxylic acids is 1. The molecular weight excluding hydrogens is 286 g/mol. The Kier molecular flexibility index (Phi) is 4.02. The van der Waals surface area contributed by atoms with Gasteiger partial charge in [-0.3, -0.25) is 9.59 Å². The molecule has 1 saturated carbocycles. The molecular formula is C16H21NO3S. The summed E-state index contributed by atoms with van der Waals surface area (Å²) in [6.45, 7) is 0. The lowest BCUT2D eigenvalue weighted by Gasteiger charge is -2.32. The van der Waals surface area contributed by atoms with Gasteiger partial charge in [0.1, 0.15) is 0 Å². The van der Waals surface area contributed by atoms with Crippen molar-refractivity contribution in [2.24, 2.45) is 0 Å². The highest BCUT2D eigenvalue weighted by molar-refractivity contribution is 7.10. The SMILES string of the molecule is O=C(O)CC1(NC(=O)C2CCCc3sccc32)CCCC1. The van der Waals surface area contributed by atoms with Crippen molar-refractivity contribution in [2.75, 3.05) is 0 Å². The third-order valence-electron chi connectivity index (χ3n) is 4.81. The Bertz CT molecular complexity index is 545. The molecule has 1 heterocycles. The predicted molar refractivity (Wildman–Crippen MR) is 81.6 cm³/mol. The van der Waals surface area contributed by atoms with Gasteiger partial charge in [-0.1, -0.05) is 12.8 Å². The van der Waals surface area contributed by atoms with Crippen LogP contribution in [-0.2, 0) is 16.0 Å². The van der Waals surface area contributed by atoms with Crippen LogP contribution in [0, 0.1) is 0 Å². The molecule has 3 rings (SSSR count). The Labute approximate surface area is 128 Å².